The van der Waals surface area contributed by atoms with Crippen LogP contribution < -0.4 is 5.32 Å². The SMILES string of the molecule is CCOC(=O)c1cc(Br)c(Br)n1[C@@H](C#CCBr)CNC(=O)OCC1c2ccccc2-c2ccccc21. The second-order valence-electron chi connectivity index (χ2n) is 7.94. The summed E-state index contributed by atoms with van der Waals surface area (Å²) in [7, 11) is 0. The Kier molecular flexibility index (Phi) is 8.94. The van der Waals surface area contributed by atoms with Crippen molar-refractivity contribution < 1.29 is 19.1 Å². The van der Waals surface area contributed by atoms with Crippen molar-refractivity contribution in [3.63, 3.8) is 0 Å². The van der Waals surface area contributed by atoms with E-state index in [0.29, 0.717) is 20.1 Å². The molecule has 2 aromatic carbocycles. The number of rotatable bonds is 7. The van der Waals surface area contributed by atoms with E-state index < -0.39 is 18.1 Å². The van der Waals surface area contributed by atoms with Crippen LogP contribution in [0.15, 0.2) is 63.7 Å². The first kappa shape index (κ1) is 26.5. The zero-order chi connectivity index (χ0) is 25.7. The Morgan fingerprint density at radius 1 is 1.06 bits per heavy atom. The summed E-state index contributed by atoms with van der Waals surface area (Å²) < 4.78 is 13.8. The first-order chi connectivity index (χ1) is 17.5. The molecule has 1 heterocycles. The molecule has 1 aromatic heterocycles. The summed E-state index contributed by atoms with van der Waals surface area (Å²) in [5.74, 6) is 5.56. The van der Waals surface area contributed by atoms with E-state index in [2.05, 4.69) is 89.2 Å². The lowest BCUT2D eigenvalue weighted by Gasteiger charge is -2.19. The highest BCUT2D eigenvalue weighted by Gasteiger charge is 2.29. The maximum Gasteiger partial charge on any atom is 0.407 e. The van der Waals surface area contributed by atoms with Crippen LogP contribution in [0.5, 0.6) is 0 Å². The second-order valence-corrected chi connectivity index (χ2v) is 10.1. The van der Waals surface area contributed by atoms with E-state index in [0.717, 1.165) is 11.1 Å². The van der Waals surface area contributed by atoms with E-state index in [-0.39, 0.29) is 25.7 Å². The van der Waals surface area contributed by atoms with Gasteiger partial charge in [-0.15, -0.1) is 0 Å². The fourth-order valence-electron chi connectivity index (χ4n) is 4.33. The van der Waals surface area contributed by atoms with Crippen LogP contribution in [0, 0.1) is 11.8 Å². The number of halogens is 3. The Morgan fingerprint density at radius 3 is 2.31 bits per heavy atom. The van der Waals surface area contributed by atoms with Crippen LogP contribution in [0.4, 0.5) is 4.79 Å². The summed E-state index contributed by atoms with van der Waals surface area (Å²) in [6, 6.07) is 17.5. The van der Waals surface area contributed by atoms with E-state index in [4.69, 9.17) is 9.47 Å². The largest absolute Gasteiger partial charge is 0.461 e. The first-order valence-corrected chi connectivity index (χ1v) is 14.0. The number of nitrogens with zero attached hydrogens (tertiary/aromatic N) is 1. The highest BCUT2D eigenvalue weighted by atomic mass is 79.9. The molecule has 0 radical (unpaired) electrons. The average Bonchev–Trinajstić information content (AvgIpc) is 3.37. The number of fused-ring (bicyclic) bond motifs is 3. The van der Waals surface area contributed by atoms with Crippen molar-refractivity contribution in [3.8, 4) is 23.0 Å². The van der Waals surface area contributed by atoms with Crippen molar-refractivity contribution in [2.45, 2.75) is 18.9 Å². The lowest BCUT2D eigenvalue weighted by atomic mass is 9.98. The Morgan fingerprint density at radius 2 is 1.69 bits per heavy atom. The van der Waals surface area contributed by atoms with E-state index in [1.165, 1.54) is 11.1 Å². The minimum atomic E-state index is -0.553. The van der Waals surface area contributed by atoms with Gasteiger partial charge in [-0.3, -0.25) is 0 Å². The van der Waals surface area contributed by atoms with Crippen LogP contribution in [-0.2, 0) is 9.47 Å². The maximum atomic E-state index is 12.7. The number of carbonyl (C=O) groups is 2. The molecule has 4 rings (SSSR count). The van der Waals surface area contributed by atoms with Gasteiger partial charge in [0.1, 0.15) is 22.9 Å². The van der Waals surface area contributed by atoms with Gasteiger partial charge < -0.3 is 19.4 Å². The molecule has 1 aliphatic rings. The van der Waals surface area contributed by atoms with Gasteiger partial charge in [0.15, 0.2) is 0 Å². The summed E-state index contributed by atoms with van der Waals surface area (Å²) in [4.78, 5) is 25.3. The van der Waals surface area contributed by atoms with Crippen LogP contribution >= 0.6 is 47.8 Å². The van der Waals surface area contributed by atoms with Crippen molar-refractivity contribution in [2.75, 3.05) is 25.1 Å². The number of ether oxygens (including phenoxy) is 2. The quantitative estimate of drug-likeness (QED) is 0.172. The number of esters is 1. The summed E-state index contributed by atoms with van der Waals surface area (Å²) >= 11 is 10.3. The summed E-state index contributed by atoms with van der Waals surface area (Å²) in [6.45, 7) is 2.33. The van der Waals surface area contributed by atoms with Gasteiger partial charge in [-0.2, -0.15) is 0 Å². The van der Waals surface area contributed by atoms with Crippen LogP contribution in [0.1, 0.15) is 40.5 Å². The molecule has 0 bridgehead atoms. The standard InChI is InChI=1S/C27H23Br3N2O4/c1-2-35-26(33)24-14-23(29)25(30)32(24)17(8-7-13-28)15-31-27(34)36-16-22-20-11-5-3-9-18(20)19-10-4-6-12-21(19)22/h3-6,9-12,14,17,22H,2,13,15-16H2,1H3,(H,31,34)/t17-/m0/s1. The van der Waals surface area contributed by atoms with Crippen LogP contribution in [-0.4, -0.2) is 41.7 Å². The highest BCUT2D eigenvalue weighted by Crippen LogP contribution is 2.44. The van der Waals surface area contributed by atoms with Gasteiger partial charge in [0.2, 0.25) is 0 Å². The smallest absolute Gasteiger partial charge is 0.407 e. The molecule has 0 saturated carbocycles. The monoisotopic (exact) mass is 676 g/mol. The van der Waals surface area contributed by atoms with Gasteiger partial charge in [-0.1, -0.05) is 76.3 Å². The molecule has 0 fully saturated rings. The molecule has 0 unspecified atom stereocenters. The number of alkyl halides is 1. The number of aromatic nitrogens is 1. The molecule has 0 aliphatic heterocycles. The number of amides is 1. The molecule has 1 aliphatic carbocycles. The minimum absolute atomic E-state index is 0.0305. The number of nitrogens with one attached hydrogen (secondary N) is 1. The van der Waals surface area contributed by atoms with E-state index in [1.807, 2.05) is 24.3 Å². The number of hydrogen-bond acceptors (Lipinski definition) is 4. The van der Waals surface area contributed by atoms with Crippen LogP contribution in [0.2, 0.25) is 0 Å². The van der Waals surface area contributed by atoms with Crippen LogP contribution in [0.25, 0.3) is 11.1 Å². The predicted octanol–water partition coefficient (Wildman–Crippen LogP) is 6.67. The Hall–Kier alpha value is -2.54. The molecule has 1 N–H and O–H groups in total. The topological polar surface area (TPSA) is 69.6 Å². The number of alkyl carbamates (subject to hydrolysis) is 1. The number of benzene rings is 2. The molecule has 36 heavy (non-hydrogen) atoms. The van der Waals surface area contributed by atoms with Crippen molar-refractivity contribution in [1.29, 1.82) is 0 Å². The van der Waals surface area contributed by atoms with Crippen LogP contribution in [0.3, 0.4) is 0 Å². The predicted molar refractivity (Wildman–Crippen MR) is 149 cm³/mol. The van der Waals surface area contributed by atoms with Gasteiger partial charge in [0, 0.05) is 5.92 Å². The van der Waals surface area contributed by atoms with E-state index >= 15 is 0 Å². The molecule has 1 atom stereocenters. The molecule has 1 amide bonds. The summed E-state index contributed by atoms with van der Waals surface area (Å²) in [5, 5.41) is 3.26. The second kappa shape index (κ2) is 12.1. The number of hydrogen-bond donors (Lipinski definition) is 1. The molecule has 0 spiro atoms. The highest BCUT2D eigenvalue weighted by molar-refractivity contribution is 9.13. The van der Waals surface area contributed by atoms with Crippen molar-refractivity contribution in [2.24, 2.45) is 0 Å². The van der Waals surface area contributed by atoms with Gasteiger partial charge in [-0.25, -0.2) is 9.59 Å². The molecule has 3 aromatic rings. The first-order valence-electron chi connectivity index (χ1n) is 11.3. The lowest BCUT2D eigenvalue weighted by molar-refractivity contribution is 0.0512. The van der Waals surface area contributed by atoms with Gasteiger partial charge in [0.05, 0.1) is 23.0 Å². The van der Waals surface area contributed by atoms with Gasteiger partial charge in [-0.05, 0) is 67.1 Å². The normalized spacial score (nSPS) is 12.7. The minimum Gasteiger partial charge on any atom is -0.461 e. The zero-order valence-electron chi connectivity index (χ0n) is 19.4. The lowest BCUT2D eigenvalue weighted by Crippen LogP contribution is -2.32. The third-order valence-electron chi connectivity index (χ3n) is 5.85. The Balaban J connectivity index is 1.47. The zero-order valence-corrected chi connectivity index (χ0v) is 24.2. The van der Waals surface area contributed by atoms with Crippen molar-refractivity contribution in [1.82, 2.24) is 9.88 Å². The molecular formula is C27H23Br3N2O4. The third kappa shape index (κ3) is 5.56. The van der Waals surface area contributed by atoms with Gasteiger partial charge >= 0.3 is 12.1 Å². The van der Waals surface area contributed by atoms with Crippen molar-refractivity contribution >= 4 is 59.9 Å². The van der Waals surface area contributed by atoms with Crippen molar-refractivity contribution in [3.05, 3.63) is 80.5 Å². The fraction of sp³-hybridized carbons (Fsp3) is 0.259. The van der Waals surface area contributed by atoms with Gasteiger partial charge in [0.25, 0.3) is 0 Å². The maximum absolute atomic E-state index is 12.7. The molecule has 6 nitrogen and oxygen atoms in total. The van der Waals surface area contributed by atoms with E-state index in [1.54, 1.807) is 17.6 Å². The summed E-state index contributed by atoms with van der Waals surface area (Å²) in [6.07, 6.45) is -0.553. The molecule has 9 heteroatoms. The number of carbonyl (C=O) groups excluding carboxylic acids is 2. The fourth-order valence-corrected chi connectivity index (χ4v) is 5.45. The molecule has 186 valence electrons. The molecular weight excluding hydrogens is 656 g/mol. The Bertz CT molecular complexity index is 1300. The average molecular weight is 679 g/mol. The summed E-state index contributed by atoms with van der Waals surface area (Å²) in [5.41, 5.74) is 4.95. The van der Waals surface area contributed by atoms with E-state index in [9.17, 15) is 9.59 Å². The molecule has 0 saturated heterocycles. The third-order valence-corrected chi connectivity index (χ3v) is 8.07. The Labute approximate surface area is 235 Å².